The summed E-state index contributed by atoms with van der Waals surface area (Å²) in [5, 5.41) is 9.15. The summed E-state index contributed by atoms with van der Waals surface area (Å²) in [6.07, 6.45) is 3.62. The smallest absolute Gasteiger partial charge is 0.253 e. The van der Waals surface area contributed by atoms with Crippen LogP contribution in [0.15, 0.2) is 0 Å². The van der Waals surface area contributed by atoms with Gasteiger partial charge in [-0.2, -0.15) is 5.26 Å². The second-order valence-electron chi connectivity index (χ2n) is 3.76. The maximum Gasteiger partial charge on any atom is 0.253 e. The quantitative estimate of drug-likeness (QED) is 0.751. The molecule has 1 amide bonds. The van der Waals surface area contributed by atoms with Crippen molar-refractivity contribution in [3.63, 3.8) is 0 Å². The van der Waals surface area contributed by atoms with E-state index in [0.717, 1.165) is 36.9 Å². The van der Waals surface area contributed by atoms with Crippen LogP contribution in [0.5, 0.6) is 0 Å². The molecular formula is C11H10ClN3O. The number of nitrogens with two attached hydrogens (primary N) is 1. The molecule has 1 aromatic rings. The van der Waals surface area contributed by atoms with Crippen LogP contribution >= 0.6 is 11.6 Å². The molecule has 0 saturated carbocycles. The summed E-state index contributed by atoms with van der Waals surface area (Å²) in [6, 6.07) is 2.02. The summed E-state index contributed by atoms with van der Waals surface area (Å²) in [7, 11) is 0. The van der Waals surface area contributed by atoms with Crippen LogP contribution in [-0.4, -0.2) is 10.9 Å². The van der Waals surface area contributed by atoms with Crippen molar-refractivity contribution in [3.05, 3.63) is 27.5 Å². The zero-order valence-electron chi connectivity index (χ0n) is 8.59. The molecule has 0 atom stereocenters. The molecule has 5 heteroatoms. The van der Waals surface area contributed by atoms with Crippen LogP contribution in [-0.2, 0) is 12.8 Å². The van der Waals surface area contributed by atoms with E-state index >= 15 is 0 Å². The maximum absolute atomic E-state index is 11.2. The molecule has 0 aromatic carbocycles. The van der Waals surface area contributed by atoms with Gasteiger partial charge in [-0.25, -0.2) is 4.98 Å². The molecule has 2 N–H and O–H groups in total. The van der Waals surface area contributed by atoms with Gasteiger partial charge in [0.1, 0.15) is 11.2 Å². The average Bonchev–Trinajstić information content (AvgIpc) is 2.26. The highest BCUT2D eigenvalue weighted by Gasteiger charge is 2.23. The number of fused-ring (bicyclic) bond motifs is 1. The third-order valence-corrected chi connectivity index (χ3v) is 3.06. The Hall–Kier alpha value is -1.60. The van der Waals surface area contributed by atoms with Crippen molar-refractivity contribution in [2.24, 2.45) is 5.73 Å². The predicted molar refractivity (Wildman–Crippen MR) is 59.1 cm³/mol. The van der Waals surface area contributed by atoms with Crippen LogP contribution in [0, 0.1) is 11.3 Å². The van der Waals surface area contributed by atoms with E-state index in [1.165, 1.54) is 0 Å². The fourth-order valence-corrected chi connectivity index (χ4v) is 2.35. The number of hydrogen-bond donors (Lipinski definition) is 1. The molecule has 1 aliphatic rings. The van der Waals surface area contributed by atoms with E-state index in [9.17, 15) is 4.79 Å². The SMILES string of the molecule is N#Cc1c2c(nc(Cl)c1C(N)=O)CCCC2. The number of aromatic nitrogens is 1. The van der Waals surface area contributed by atoms with Gasteiger partial charge in [0.25, 0.3) is 5.91 Å². The largest absolute Gasteiger partial charge is 0.365 e. The molecule has 0 saturated heterocycles. The lowest BCUT2D eigenvalue weighted by Gasteiger charge is -2.17. The summed E-state index contributed by atoms with van der Waals surface area (Å²) in [6.45, 7) is 0. The molecule has 0 unspecified atom stereocenters. The topological polar surface area (TPSA) is 79.8 Å². The van der Waals surface area contributed by atoms with Crippen LogP contribution in [0.3, 0.4) is 0 Å². The Labute approximate surface area is 98.0 Å². The summed E-state index contributed by atoms with van der Waals surface area (Å²) < 4.78 is 0. The highest BCUT2D eigenvalue weighted by atomic mass is 35.5. The van der Waals surface area contributed by atoms with Crippen LogP contribution in [0.25, 0.3) is 0 Å². The van der Waals surface area contributed by atoms with E-state index in [2.05, 4.69) is 4.98 Å². The van der Waals surface area contributed by atoms with Crippen molar-refractivity contribution in [1.29, 1.82) is 5.26 Å². The van der Waals surface area contributed by atoms with Gasteiger partial charge in [0.05, 0.1) is 11.1 Å². The second kappa shape index (κ2) is 4.11. The van der Waals surface area contributed by atoms with E-state index in [1.54, 1.807) is 0 Å². The minimum absolute atomic E-state index is 0.0460. The van der Waals surface area contributed by atoms with Gasteiger partial charge >= 0.3 is 0 Å². The summed E-state index contributed by atoms with van der Waals surface area (Å²) in [4.78, 5) is 15.4. The Morgan fingerprint density at radius 1 is 1.44 bits per heavy atom. The first-order chi connectivity index (χ1) is 7.65. The molecular weight excluding hydrogens is 226 g/mol. The lowest BCUT2D eigenvalue weighted by atomic mass is 9.90. The standard InChI is InChI=1S/C11H10ClN3O/c12-10-9(11(14)16)7(5-13)6-3-1-2-4-8(6)15-10/h1-4H2,(H2,14,16). The molecule has 0 bridgehead atoms. The lowest BCUT2D eigenvalue weighted by molar-refractivity contribution is 0.0999. The molecule has 16 heavy (non-hydrogen) atoms. The highest BCUT2D eigenvalue weighted by Crippen LogP contribution is 2.28. The minimum atomic E-state index is -0.692. The summed E-state index contributed by atoms with van der Waals surface area (Å²) in [5.41, 5.74) is 7.25. The second-order valence-corrected chi connectivity index (χ2v) is 4.12. The Morgan fingerprint density at radius 2 is 2.12 bits per heavy atom. The van der Waals surface area contributed by atoms with Gasteiger partial charge in [-0.15, -0.1) is 0 Å². The van der Waals surface area contributed by atoms with Crippen molar-refractivity contribution in [1.82, 2.24) is 4.98 Å². The number of hydrogen-bond acceptors (Lipinski definition) is 3. The molecule has 4 nitrogen and oxygen atoms in total. The maximum atomic E-state index is 11.2. The molecule has 82 valence electrons. The zero-order chi connectivity index (χ0) is 11.7. The van der Waals surface area contributed by atoms with E-state index < -0.39 is 5.91 Å². The predicted octanol–water partition coefficient (Wildman–Crippen LogP) is 1.58. The average molecular weight is 236 g/mol. The molecule has 1 aliphatic carbocycles. The number of nitrogens with zero attached hydrogens (tertiary/aromatic N) is 2. The van der Waals surface area contributed by atoms with E-state index in [1.807, 2.05) is 6.07 Å². The van der Waals surface area contributed by atoms with Crippen molar-refractivity contribution >= 4 is 17.5 Å². The zero-order valence-corrected chi connectivity index (χ0v) is 9.34. The molecule has 2 rings (SSSR count). The number of nitriles is 1. The first-order valence-electron chi connectivity index (χ1n) is 5.06. The highest BCUT2D eigenvalue weighted by molar-refractivity contribution is 6.33. The number of carbonyl (C=O) groups excluding carboxylic acids is 1. The van der Waals surface area contributed by atoms with Crippen molar-refractivity contribution in [2.45, 2.75) is 25.7 Å². The van der Waals surface area contributed by atoms with Crippen molar-refractivity contribution in [2.75, 3.05) is 0 Å². The number of aryl methyl sites for hydroxylation is 1. The fraction of sp³-hybridized carbons (Fsp3) is 0.364. The Morgan fingerprint density at radius 3 is 2.75 bits per heavy atom. The first-order valence-corrected chi connectivity index (χ1v) is 5.44. The fourth-order valence-electron chi connectivity index (χ4n) is 2.06. The monoisotopic (exact) mass is 235 g/mol. The van der Waals surface area contributed by atoms with Crippen LogP contribution in [0.2, 0.25) is 5.15 Å². The van der Waals surface area contributed by atoms with Crippen LogP contribution in [0.4, 0.5) is 0 Å². The molecule has 0 fully saturated rings. The van der Waals surface area contributed by atoms with Crippen molar-refractivity contribution in [3.8, 4) is 6.07 Å². The number of primary amides is 1. The Kier molecular flexibility index (Phi) is 2.80. The number of rotatable bonds is 1. The lowest BCUT2D eigenvalue weighted by Crippen LogP contribution is -2.19. The number of carbonyl (C=O) groups is 1. The van der Waals surface area contributed by atoms with E-state index in [4.69, 9.17) is 22.6 Å². The number of pyridine rings is 1. The van der Waals surface area contributed by atoms with Gasteiger partial charge in [-0.3, -0.25) is 4.79 Å². The first kappa shape index (κ1) is 10.9. The van der Waals surface area contributed by atoms with Gasteiger partial charge in [0.15, 0.2) is 0 Å². The summed E-state index contributed by atoms with van der Waals surface area (Å²) in [5.74, 6) is -0.692. The minimum Gasteiger partial charge on any atom is -0.365 e. The third kappa shape index (κ3) is 1.63. The summed E-state index contributed by atoms with van der Waals surface area (Å²) >= 11 is 5.88. The molecule has 1 aromatic heterocycles. The number of amides is 1. The Bertz CT molecular complexity index is 505. The van der Waals surface area contributed by atoms with Crippen LogP contribution < -0.4 is 5.73 Å². The third-order valence-electron chi connectivity index (χ3n) is 2.79. The molecule has 1 heterocycles. The molecule has 0 spiro atoms. The van der Waals surface area contributed by atoms with E-state index in [-0.39, 0.29) is 10.7 Å². The van der Waals surface area contributed by atoms with E-state index in [0.29, 0.717) is 5.56 Å². The van der Waals surface area contributed by atoms with Gasteiger partial charge in [0.2, 0.25) is 0 Å². The van der Waals surface area contributed by atoms with Crippen LogP contribution in [0.1, 0.15) is 40.0 Å². The van der Waals surface area contributed by atoms with Gasteiger partial charge in [-0.1, -0.05) is 11.6 Å². The van der Waals surface area contributed by atoms with Crippen molar-refractivity contribution < 1.29 is 4.79 Å². The van der Waals surface area contributed by atoms with Gasteiger partial charge in [0, 0.05) is 5.69 Å². The number of halogens is 1. The normalized spacial score (nSPS) is 14.0. The van der Waals surface area contributed by atoms with Gasteiger partial charge < -0.3 is 5.73 Å². The van der Waals surface area contributed by atoms with Gasteiger partial charge in [-0.05, 0) is 31.2 Å². The Balaban J connectivity index is 2.73. The molecule has 0 aliphatic heterocycles. The molecule has 0 radical (unpaired) electrons.